The van der Waals surface area contributed by atoms with Gasteiger partial charge in [0.15, 0.2) is 11.5 Å². The minimum atomic E-state index is -0.814. The Morgan fingerprint density at radius 1 is 1.29 bits per heavy atom. The SMILES string of the molecule is COC(=O)Oc1cc(Cl)ccc1OC. The fraction of sp³-hybridized carbons (Fsp3) is 0.222. The number of halogens is 1. The highest BCUT2D eigenvalue weighted by Crippen LogP contribution is 2.30. The third-order valence-electron chi connectivity index (χ3n) is 1.49. The Morgan fingerprint density at radius 2 is 2.00 bits per heavy atom. The number of hydrogen-bond donors (Lipinski definition) is 0. The Balaban J connectivity index is 2.93. The van der Waals surface area contributed by atoms with Gasteiger partial charge in [-0.1, -0.05) is 11.6 Å². The lowest BCUT2D eigenvalue weighted by Crippen LogP contribution is -2.08. The molecule has 1 aromatic rings. The molecule has 1 rings (SSSR count). The Bertz CT molecular complexity index is 338. The summed E-state index contributed by atoms with van der Waals surface area (Å²) in [5, 5.41) is 0.449. The first-order valence-corrected chi connectivity index (χ1v) is 4.14. The number of hydrogen-bond acceptors (Lipinski definition) is 4. The molecule has 0 radical (unpaired) electrons. The maximum atomic E-state index is 10.8. The largest absolute Gasteiger partial charge is 0.513 e. The van der Waals surface area contributed by atoms with Crippen molar-refractivity contribution in [3.63, 3.8) is 0 Å². The predicted octanol–water partition coefficient (Wildman–Crippen LogP) is 2.49. The fourth-order valence-electron chi connectivity index (χ4n) is 0.862. The van der Waals surface area contributed by atoms with Gasteiger partial charge in [-0.3, -0.25) is 0 Å². The van der Waals surface area contributed by atoms with Crippen LogP contribution in [0.3, 0.4) is 0 Å². The van der Waals surface area contributed by atoms with E-state index in [1.54, 1.807) is 12.1 Å². The molecule has 0 unspecified atom stereocenters. The van der Waals surface area contributed by atoms with E-state index in [-0.39, 0.29) is 5.75 Å². The van der Waals surface area contributed by atoms with Crippen LogP contribution < -0.4 is 9.47 Å². The number of carbonyl (C=O) groups excluding carboxylic acids is 1. The maximum Gasteiger partial charge on any atom is 0.513 e. The molecule has 0 aromatic heterocycles. The van der Waals surface area contributed by atoms with E-state index in [9.17, 15) is 4.79 Å². The van der Waals surface area contributed by atoms with Crippen molar-refractivity contribution in [1.82, 2.24) is 0 Å². The van der Waals surface area contributed by atoms with Gasteiger partial charge < -0.3 is 14.2 Å². The van der Waals surface area contributed by atoms with Gasteiger partial charge in [0.25, 0.3) is 0 Å². The summed E-state index contributed by atoms with van der Waals surface area (Å²) in [7, 11) is 2.69. The molecule has 0 fully saturated rings. The van der Waals surface area contributed by atoms with Crippen molar-refractivity contribution < 1.29 is 19.0 Å². The van der Waals surface area contributed by atoms with E-state index in [0.717, 1.165) is 0 Å². The highest BCUT2D eigenvalue weighted by atomic mass is 35.5. The van der Waals surface area contributed by atoms with Crippen LogP contribution in [-0.2, 0) is 4.74 Å². The lowest BCUT2D eigenvalue weighted by molar-refractivity contribution is 0.120. The van der Waals surface area contributed by atoms with Crippen molar-refractivity contribution in [3.8, 4) is 11.5 Å². The Hall–Kier alpha value is -1.42. The smallest absolute Gasteiger partial charge is 0.493 e. The molecule has 0 N–H and O–H groups in total. The third-order valence-corrected chi connectivity index (χ3v) is 1.72. The van der Waals surface area contributed by atoms with Gasteiger partial charge in [-0.25, -0.2) is 4.79 Å². The topological polar surface area (TPSA) is 44.8 Å². The van der Waals surface area contributed by atoms with Gasteiger partial charge >= 0.3 is 6.16 Å². The average Bonchev–Trinajstić information content (AvgIpc) is 2.18. The summed E-state index contributed by atoms with van der Waals surface area (Å²) < 4.78 is 14.1. The van der Waals surface area contributed by atoms with Crippen LogP contribution in [0.15, 0.2) is 18.2 Å². The van der Waals surface area contributed by atoms with Crippen LogP contribution in [0.1, 0.15) is 0 Å². The van der Waals surface area contributed by atoms with E-state index in [1.165, 1.54) is 20.3 Å². The molecular formula is C9H9ClO4. The van der Waals surface area contributed by atoms with Gasteiger partial charge in [0.1, 0.15) is 0 Å². The van der Waals surface area contributed by atoms with Gasteiger partial charge in [0.2, 0.25) is 0 Å². The van der Waals surface area contributed by atoms with Gasteiger partial charge in [-0.2, -0.15) is 0 Å². The molecule has 76 valence electrons. The lowest BCUT2D eigenvalue weighted by Gasteiger charge is -2.07. The molecule has 0 amide bonds. The van der Waals surface area contributed by atoms with Crippen molar-refractivity contribution in [1.29, 1.82) is 0 Å². The summed E-state index contributed by atoms with van der Waals surface area (Å²) in [6, 6.07) is 4.70. The van der Waals surface area contributed by atoms with Crippen molar-refractivity contribution in [2.24, 2.45) is 0 Å². The monoisotopic (exact) mass is 216 g/mol. The van der Waals surface area contributed by atoms with Gasteiger partial charge in [0, 0.05) is 11.1 Å². The summed E-state index contributed by atoms with van der Waals surface area (Å²) in [4.78, 5) is 10.8. The summed E-state index contributed by atoms with van der Waals surface area (Å²) in [5.41, 5.74) is 0. The average molecular weight is 217 g/mol. The molecule has 0 aliphatic carbocycles. The molecule has 0 saturated heterocycles. The molecule has 0 aliphatic heterocycles. The normalized spacial score (nSPS) is 9.36. The molecular weight excluding hydrogens is 208 g/mol. The van der Waals surface area contributed by atoms with E-state index in [4.69, 9.17) is 21.1 Å². The van der Waals surface area contributed by atoms with E-state index < -0.39 is 6.16 Å². The summed E-state index contributed by atoms with van der Waals surface area (Å²) in [6.45, 7) is 0. The zero-order valence-corrected chi connectivity index (χ0v) is 8.50. The summed E-state index contributed by atoms with van der Waals surface area (Å²) in [5.74, 6) is 0.645. The van der Waals surface area contributed by atoms with Crippen LogP contribution in [0.25, 0.3) is 0 Å². The quantitative estimate of drug-likeness (QED) is 0.563. The number of benzene rings is 1. The van der Waals surface area contributed by atoms with Crippen molar-refractivity contribution in [2.45, 2.75) is 0 Å². The predicted molar refractivity (Wildman–Crippen MR) is 51.0 cm³/mol. The molecule has 0 spiro atoms. The highest BCUT2D eigenvalue weighted by Gasteiger charge is 2.10. The standard InChI is InChI=1S/C9H9ClO4/c1-12-7-4-3-6(10)5-8(7)14-9(11)13-2/h3-5H,1-2H3. The summed E-state index contributed by atoms with van der Waals surface area (Å²) >= 11 is 5.71. The zero-order valence-electron chi connectivity index (χ0n) is 7.74. The van der Waals surface area contributed by atoms with Crippen LogP contribution >= 0.6 is 11.6 Å². The zero-order chi connectivity index (χ0) is 10.6. The second-order valence-electron chi connectivity index (χ2n) is 2.35. The van der Waals surface area contributed by atoms with Crippen LogP contribution in [0.2, 0.25) is 5.02 Å². The Kier molecular flexibility index (Phi) is 3.59. The molecule has 0 bridgehead atoms. The molecule has 0 saturated carbocycles. The minimum Gasteiger partial charge on any atom is -0.493 e. The van der Waals surface area contributed by atoms with Crippen LogP contribution in [0.5, 0.6) is 11.5 Å². The van der Waals surface area contributed by atoms with Crippen molar-refractivity contribution in [2.75, 3.05) is 14.2 Å². The van der Waals surface area contributed by atoms with E-state index in [1.807, 2.05) is 0 Å². The first kappa shape index (κ1) is 10.7. The van der Waals surface area contributed by atoms with E-state index in [0.29, 0.717) is 10.8 Å². The van der Waals surface area contributed by atoms with Crippen molar-refractivity contribution in [3.05, 3.63) is 23.2 Å². The maximum absolute atomic E-state index is 10.8. The third kappa shape index (κ3) is 2.53. The lowest BCUT2D eigenvalue weighted by atomic mass is 10.3. The Labute approximate surface area is 86.3 Å². The van der Waals surface area contributed by atoms with Gasteiger partial charge in [-0.15, -0.1) is 0 Å². The molecule has 0 aliphatic rings. The first-order valence-electron chi connectivity index (χ1n) is 3.76. The molecule has 1 aromatic carbocycles. The fourth-order valence-corrected chi connectivity index (χ4v) is 1.02. The molecule has 0 atom stereocenters. The van der Waals surface area contributed by atoms with Crippen LogP contribution in [-0.4, -0.2) is 20.4 Å². The molecule has 4 nitrogen and oxygen atoms in total. The minimum absolute atomic E-state index is 0.229. The van der Waals surface area contributed by atoms with Crippen LogP contribution in [0.4, 0.5) is 4.79 Å². The first-order chi connectivity index (χ1) is 6.67. The molecule has 0 heterocycles. The second-order valence-corrected chi connectivity index (χ2v) is 2.79. The van der Waals surface area contributed by atoms with E-state index in [2.05, 4.69) is 4.74 Å². The van der Waals surface area contributed by atoms with Crippen molar-refractivity contribution >= 4 is 17.8 Å². The van der Waals surface area contributed by atoms with Gasteiger partial charge in [0.05, 0.1) is 14.2 Å². The highest BCUT2D eigenvalue weighted by molar-refractivity contribution is 6.30. The summed E-state index contributed by atoms with van der Waals surface area (Å²) in [6.07, 6.45) is -0.814. The number of rotatable bonds is 2. The van der Waals surface area contributed by atoms with Gasteiger partial charge in [-0.05, 0) is 12.1 Å². The van der Waals surface area contributed by atoms with Crippen LogP contribution in [0, 0.1) is 0 Å². The molecule has 14 heavy (non-hydrogen) atoms. The number of ether oxygens (including phenoxy) is 3. The Morgan fingerprint density at radius 3 is 2.57 bits per heavy atom. The second kappa shape index (κ2) is 4.72. The number of methoxy groups -OCH3 is 2. The van der Waals surface area contributed by atoms with E-state index >= 15 is 0 Å². The number of carbonyl (C=O) groups is 1. The molecule has 5 heteroatoms.